The molecule has 0 radical (unpaired) electrons. The molecule has 0 aromatic carbocycles. The molecule has 1 aliphatic heterocycles. The highest BCUT2D eigenvalue weighted by Gasteiger charge is 2.29. The van der Waals surface area contributed by atoms with Crippen molar-refractivity contribution >= 4 is 39.3 Å². The lowest BCUT2D eigenvalue weighted by Crippen LogP contribution is -2.31. The molecule has 1 aliphatic rings. The molecule has 0 bridgehead atoms. The molecule has 3 rings (SSSR count). The second kappa shape index (κ2) is 5.58. The van der Waals surface area contributed by atoms with E-state index in [2.05, 4.69) is 31.5 Å². The number of nitrogens with zero attached hydrogens (tertiary/aromatic N) is 2. The predicted octanol–water partition coefficient (Wildman–Crippen LogP) is 3.80. The fourth-order valence-electron chi connectivity index (χ4n) is 2.43. The molecule has 0 spiro atoms. The smallest absolute Gasteiger partial charge is 0.249 e. The molecule has 0 aliphatic carbocycles. The van der Waals surface area contributed by atoms with Crippen LogP contribution in [-0.2, 0) is 4.79 Å². The van der Waals surface area contributed by atoms with Gasteiger partial charge in [-0.3, -0.25) is 14.7 Å². The molecule has 0 unspecified atom stereocenters. The van der Waals surface area contributed by atoms with Crippen molar-refractivity contribution in [3.05, 3.63) is 51.0 Å². The van der Waals surface area contributed by atoms with E-state index in [4.69, 9.17) is 0 Å². The summed E-state index contributed by atoms with van der Waals surface area (Å²) in [5.41, 5.74) is 3.26. The van der Waals surface area contributed by atoms with Gasteiger partial charge in [0.1, 0.15) is 11.5 Å². The van der Waals surface area contributed by atoms with Crippen LogP contribution in [0.15, 0.2) is 35.2 Å². The van der Waals surface area contributed by atoms with Gasteiger partial charge in [-0.25, -0.2) is 0 Å². The van der Waals surface area contributed by atoms with Crippen LogP contribution in [0.3, 0.4) is 0 Å². The molecule has 2 aromatic heterocycles. The maximum absolute atomic E-state index is 12.4. The van der Waals surface area contributed by atoms with E-state index in [1.807, 2.05) is 11.4 Å². The van der Waals surface area contributed by atoms with Crippen molar-refractivity contribution in [1.29, 1.82) is 0 Å². The summed E-state index contributed by atoms with van der Waals surface area (Å²) in [6.07, 6.45) is 1.77. The lowest BCUT2D eigenvalue weighted by molar-refractivity contribution is -0.117. The SMILES string of the molecule is C=CCN1C(=O)CN=C(c2cccs2)c2c1sc(C)c2C. The molecule has 3 heterocycles. The Kier molecular flexibility index (Phi) is 3.78. The maximum atomic E-state index is 12.4. The van der Waals surface area contributed by atoms with E-state index < -0.39 is 0 Å². The molecular formula is C16H16N2OS2. The van der Waals surface area contributed by atoms with Crippen molar-refractivity contribution in [1.82, 2.24) is 0 Å². The Morgan fingerprint density at radius 1 is 1.48 bits per heavy atom. The van der Waals surface area contributed by atoms with Crippen LogP contribution in [0.5, 0.6) is 0 Å². The normalized spacial score (nSPS) is 14.7. The molecule has 0 atom stereocenters. The fraction of sp³-hybridized carbons (Fsp3) is 0.250. The third-order valence-corrected chi connectivity index (χ3v) is 5.70. The zero-order valence-corrected chi connectivity index (χ0v) is 13.7. The van der Waals surface area contributed by atoms with Gasteiger partial charge in [-0.1, -0.05) is 12.1 Å². The van der Waals surface area contributed by atoms with Crippen molar-refractivity contribution in [3.8, 4) is 0 Å². The van der Waals surface area contributed by atoms with Crippen LogP contribution in [-0.4, -0.2) is 24.7 Å². The van der Waals surface area contributed by atoms with Gasteiger partial charge in [-0.05, 0) is 30.9 Å². The monoisotopic (exact) mass is 316 g/mol. The number of thiophene rings is 2. The van der Waals surface area contributed by atoms with Gasteiger partial charge in [0, 0.05) is 17.0 Å². The zero-order chi connectivity index (χ0) is 15.0. The average molecular weight is 316 g/mol. The number of anilines is 1. The van der Waals surface area contributed by atoms with Crippen LogP contribution in [0.1, 0.15) is 20.9 Å². The maximum Gasteiger partial charge on any atom is 0.249 e. The largest absolute Gasteiger partial charge is 0.298 e. The van der Waals surface area contributed by atoms with E-state index in [0.717, 1.165) is 21.2 Å². The average Bonchev–Trinajstić information content (AvgIpc) is 3.05. The van der Waals surface area contributed by atoms with Gasteiger partial charge in [0.15, 0.2) is 0 Å². The Hall–Kier alpha value is -1.72. The molecule has 0 N–H and O–H groups in total. The molecule has 0 saturated carbocycles. The predicted molar refractivity (Wildman–Crippen MR) is 91.2 cm³/mol. The Labute approximate surface area is 132 Å². The Morgan fingerprint density at radius 3 is 2.95 bits per heavy atom. The summed E-state index contributed by atoms with van der Waals surface area (Å²) in [6.45, 7) is 8.69. The standard InChI is InChI=1S/C16H16N2OS2/c1-4-7-18-13(19)9-17-15(12-6-5-8-20-12)14-10(2)11(3)21-16(14)18/h4-6,8H,1,7,9H2,2-3H3. The number of hydrogen-bond acceptors (Lipinski definition) is 4. The minimum atomic E-state index is 0.0314. The number of carbonyl (C=O) groups is 1. The van der Waals surface area contributed by atoms with Crippen molar-refractivity contribution in [2.45, 2.75) is 13.8 Å². The van der Waals surface area contributed by atoms with Gasteiger partial charge in [0.05, 0.1) is 10.6 Å². The van der Waals surface area contributed by atoms with E-state index in [9.17, 15) is 4.79 Å². The summed E-state index contributed by atoms with van der Waals surface area (Å²) in [5, 5.41) is 3.04. The van der Waals surface area contributed by atoms with E-state index in [-0.39, 0.29) is 12.5 Å². The highest BCUT2D eigenvalue weighted by molar-refractivity contribution is 7.17. The first-order chi connectivity index (χ1) is 10.1. The first kappa shape index (κ1) is 14.2. The summed E-state index contributed by atoms with van der Waals surface area (Å²) < 4.78 is 0. The summed E-state index contributed by atoms with van der Waals surface area (Å²) in [7, 11) is 0. The van der Waals surface area contributed by atoms with Gasteiger partial charge < -0.3 is 0 Å². The zero-order valence-electron chi connectivity index (χ0n) is 12.0. The summed E-state index contributed by atoms with van der Waals surface area (Å²) in [5.74, 6) is 0.0314. The summed E-state index contributed by atoms with van der Waals surface area (Å²) in [6, 6.07) is 4.08. The lowest BCUT2D eigenvalue weighted by atomic mass is 10.1. The lowest BCUT2D eigenvalue weighted by Gasteiger charge is -2.18. The quantitative estimate of drug-likeness (QED) is 0.793. The van der Waals surface area contributed by atoms with Crippen molar-refractivity contribution in [2.75, 3.05) is 18.0 Å². The minimum absolute atomic E-state index is 0.0314. The summed E-state index contributed by atoms with van der Waals surface area (Å²) in [4.78, 5) is 21.1. The minimum Gasteiger partial charge on any atom is -0.298 e. The number of fused-ring (bicyclic) bond motifs is 1. The van der Waals surface area contributed by atoms with Crippen LogP contribution < -0.4 is 4.90 Å². The van der Waals surface area contributed by atoms with Crippen LogP contribution in [0.4, 0.5) is 5.00 Å². The van der Waals surface area contributed by atoms with Gasteiger partial charge in [0.2, 0.25) is 5.91 Å². The topological polar surface area (TPSA) is 32.7 Å². The van der Waals surface area contributed by atoms with Gasteiger partial charge in [-0.15, -0.1) is 29.3 Å². The number of amides is 1. The molecular weight excluding hydrogens is 300 g/mol. The number of aryl methyl sites for hydroxylation is 1. The van der Waals surface area contributed by atoms with Crippen molar-refractivity contribution in [2.24, 2.45) is 4.99 Å². The van der Waals surface area contributed by atoms with Crippen LogP contribution >= 0.6 is 22.7 Å². The third-order valence-electron chi connectivity index (χ3n) is 3.59. The third kappa shape index (κ3) is 2.36. The highest BCUT2D eigenvalue weighted by atomic mass is 32.1. The Bertz CT molecular complexity index is 726. The van der Waals surface area contributed by atoms with E-state index >= 15 is 0 Å². The molecule has 5 heteroatoms. The second-order valence-corrected chi connectivity index (χ2v) is 7.05. The first-order valence-corrected chi connectivity index (χ1v) is 8.43. The number of hydrogen-bond donors (Lipinski definition) is 0. The molecule has 21 heavy (non-hydrogen) atoms. The molecule has 0 saturated heterocycles. The Balaban J connectivity index is 2.23. The fourth-order valence-corrected chi connectivity index (χ4v) is 4.35. The van der Waals surface area contributed by atoms with Gasteiger partial charge in [-0.2, -0.15) is 0 Å². The van der Waals surface area contributed by atoms with E-state index in [1.54, 1.807) is 33.6 Å². The molecule has 3 nitrogen and oxygen atoms in total. The van der Waals surface area contributed by atoms with Crippen LogP contribution in [0, 0.1) is 13.8 Å². The van der Waals surface area contributed by atoms with Gasteiger partial charge in [0.25, 0.3) is 0 Å². The second-order valence-electron chi connectivity index (χ2n) is 4.90. The van der Waals surface area contributed by atoms with Crippen LogP contribution in [0.2, 0.25) is 0 Å². The summed E-state index contributed by atoms with van der Waals surface area (Å²) >= 11 is 3.32. The number of aliphatic imine (C=N–C) groups is 1. The molecule has 108 valence electrons. The molecule has 1 amide bonds. The Morgan fingerprint density at radius 2 is 2.29 bits per heavy atom. The van der Waals surface area contributed by atoms with Crippen LogP contribution in [0.25, 0.3) is 0 Å². The highest BCUT2D eigenvalue weighted by Crippen LogP contribution is 2.39. The molecule has 2 aromatic rings. The van der Waals surface area contributed by atoms with Crippen molar-refractivity contribution in [3.63, 3.8) is 0 Å². The number of rotatable bonds is 3. The van der Waals surface area contributed by atoms with Gasteiger partial charge >= 0.3 is 0 Å². The van der Waals surface area contributed by atoms with Crippen molar-refractivity contribution < 1.29 is 4.79 Å². The molecule has 0 fully saturated rings. The first-order valence-electron chi connectivity index (χ1n) is 6.73. The van der Waals surface area contributed by atoms with E-state index in [0.29, 0.717) is 6.54 Å². The number of carbonyl (C=O) groups excluding carboxylic acids is 1. The van der Waals surface area contributed by atoms with E-state index in [1.165, 1.54) is 10.4 Å².